The normalized spacial score (nSPS) is 13.0. The van der Waals surface area contributed by atoms with E-state index in [1.165, 1.54) is 0 Å². The van der Waals surface area contributed by atoms with Gasteiger partial charge in [0.1, 0.15) is 10.6 Å². The summed E-state index contributed by atoms with van der Waals surface area (Å²) in [4.78, 5) is 11.8. The minimum atomic E-state index is -0.140. The third-order valence-electron chi connectivity index (χ3n) is 1.20. The lowest BCUT2D eigenvalue weighted by Crippen LogP contribution is -1.97. The van der Waals surface area contributed by atoms with Crippen molar-refractivity contribution in [2.75, 3.05) is 0 Å². The average Bonchev–Trinajstić information content (AvgIpc) is 2.34. The molecule has 1 aromatic heterocycles. The molecule has 0 N–H and O–H groups in total. The number of ketones is 1. The molecule has 11 heavy (non-hydrogen) atoms. The van der Waals surface area contributed by atoms with Crippen LogP contribution in [0, 0.1) is 0 Å². The maximum atomic E-state index is 10.9. The Bertz CT molecular complexity index is 269. The SMILES string of the molecule is CC(=O)C(Br)c1ccc(Br)s1. The summed E-state index contributed by atoms with van der Waals surface area (Å²) in [5.74, 6) is 0.138. The van der Waals surface area contributed by atoms with Gasteiger partial charge in [-0.25, -0.2) is 0 Å². The highest BCUT2D eigenvalue weighted by Gasteiger charge is 2.13. The van der Waals surface area contributed by atoms with Gasteiger partial charge >= 0.3 is 0 Å². The summed E-state index contributed by atoms with van der Waals surface area (Å²) in [5.41, 5.74) is 0. The molecule has 0 radical (unpaired) electrons. The zero-order chi connectivity index (χ0) is 8.43. The molecule has 0 aromatic carbocycles. The number of hydrogen-bond acceptors (Lipinski definition) is 2. The van der Waals surface area contributed by atoms with Crippen LogP contribution in [0.5, 0.6) is 0 Å². The Morgan fingerprint density at radius 1 is 1.64 bits per heavy atom. The Kier molecular flexibility index (Phi) is 3.28. The zero-order valence-electron chi connectivity index (χ0n) is 5.80. The van der Waals surface area contributed by atoms with Crippen LogP contribution in [-0.2, 0) is 4.79 Å². The standard InChI is InChI=1S/C7H6Br2OS/c1-4(10)7(9)5-2-3-6(8)11-5/h2-3,7H,1H3. The van der Waals surface area contributed by atoms with Crippen LogP contribution in [0.3, 0.4) is 0 Å². The van der Waals surface area contributed by atoms with Gasteiger partial charge in [-0.1, -0.05) is 15.9 Å². The van der Waals surface area contributed by atoms with Crippen LogP contribution in [0.2, 0.25) is 0 Å². The number of hydrogen-bond donors (Lipinski definition) is 0. The molecule has 1 unspecified atom stereocenters. The molecular formula is C7H6Br2OS. The molecule has 0 aliphatic heterocycles. The van der Waals surface area contributed by atoms with Crippen molar-refractivity contribution >= 4 is 49.0 Å². The fraction of sp³-hybridized carbons (Fsp3) is 0.286. The van der Waals surface area contributed by atoms with E-state index in [2.05, 4.69) is 31.9 Å². The third-order valence-corrected chi connectivity index (χ3v) is 4.33. The average molecular weight is 298 g/mol. The summed E-state index contributed by atoms with van der Waals surface area (Å²) in [6.45, 7) is 1.58. The molecule has 60 valence electrons. The van der Waals surface area contributed by atoms with Gasteiger partial charge in [0.05, 0.1) is 3.79 Å². The second kappa shape index (κ2) is 3.83. The quantitative estimate of drug-likeness (QED) is 0.763. The van der Waals surface area contributed by atoms with Crippen LogP contribution < -0.4 is 0 Å². The minimum Gasteiger partial charge on any atom is -0.298 e. The molecule has 1 rings (SSSR count). The van der Waals surface area contributed by atoms with Gasteiger partial charge in [0.2, 0.25) is 0 Å². The second-order valence-corrected chi connectivity index (χ2v) is 5.53. The molecule has 1 atom stereocenters. The van der Waals surface area contributed by atoms with Crippen molar-refractivity contribution in [2.24, 2.45) is 0 Å². The number of carbonyl (C=O) groups excluding carboxylic acids is 1. The Morgan fingerprint density at radius 3 is 2.64 bits per heavy atom. The number of rotatable bonds is 2. The largest absolute Gasteiger partial charge is 0.298 e. The molecule has 0 aliphatic rings. The van der Waals surface area contributed by atoms with Crippen molar-refractivity contribution in [1.82, 2.24) is 0 Å². The summed E-state index contributed by atoms with van der Waals surface area (Å²) >= 11 is 8.21. The topological polar surface area (TPSA) is 17.1 Å². The molecule has 0 spiro atoms. The van der Waals surface area contributed by atoms with E-state index in [0.717, 1.165) is 8.66 Å². The van der Waals surface area contributed by atoms with Crippen molar-refractivity contribution in [2.45, 2.75) is 11.8 Å². The number of thiophene rings is 1. The van der Waals surface area contributed by atoms with E-state index in [1.54, 1.807) is 18.3 Å². The fourth-order valence-electron chi connectivity index (χ4n) is 0.665. The van der Waals surface area contributed by atoms with E-state index >= 15 is 0 Å². The van der Waals surface area contributed by atoms with E-state index in [9.17, 15) is 4.79 Å². The van der Waals surface area contributed by atoms with Gasteiger partial charge in [-0.05, 0) is 35.0 Å². The van der Waals surface area contributed by atoms with E-state index in [1.807, 2.05) is 12.1 Å². The van der Waals surface area contributed by atoms with Crippen molar-refractivity contribution < 1.29 is 4.79 Å². The molecular weight excluding hydrogens is 292 g/mol. The Balaban J connectivity index is 2.84. The lowest BCUT2D eigenvalue weighted by molar-refractivity contribution is -0.116. The Hall–Kier alpha value is 0.330. The Labute approximate surface area is 86.1 Å². The predicted octanol–water partition coefficient (Wildman–Crippen LogP) is 3.54. The summed E-state index contributed by atoms with van der Waals surface area (Å²) in [5, 5.41) is 0. The highest BCUT2D eigenvalue weighted by molar-refractivity contribution is 9.11. The van der Waals surface area contributed by atoms with E-state index in [-0.39, 0.29) is 10.6 Å². The fourth-order valence-corrected chi connectivity index (χ4v) is 2.56. The summed E-state index contributed by atoms with van der Waals surface area (Å²) in [7, 11) is 0. The first-order chi connectivity index (χ1) is 5.11. The highest BCUT2D eigenvalue weighted by Crippen LogP contribution is 2.32. The molecule has 1 aromatic rings. The summed E-state index contributed by atoms with van der Waals surface area (Å²) in [6, 6.07) is 3.88. The van der Waals surface area contributed by atoms with Gasteiger partial charge in [-0.2, -0.15) is 0 Å². The molecule has 0 amide bonds. The summed E-state index contributed by atoms with van der Waals surface area (Å²) in [6.07, 6.45) is 0. The summed E-state index contributed by atoms with van der Waals surface area (Å²) < 4.78 is 1.05. The van der Waals surface area contributed by atoms with Crippen molar-refractivity contribution in [3.63, 3.8) is 0 Å². The maximum Gasteiger partial charge on any atom is 0.148 e. The van der Waals surface area contributed by atoms with E-state index in [0.29, 0.717) is 0 Å². The molecule has 0 aliphatic carbocycles. The minimum absolute atomic E-state index is 0.138. The van der Waals surface area contributed by atoms with E-state index < -0.39 is 0 Å². The van der Waals surface area contributed by atoms with Crippen LogP contribution in [0.15, 0.2) is 15.9 Å². The Morgan fingerprint density at radius 2 is 2.27 bits per heavy atom. The number of alkyl halides is 1. The van der Waals surface area contributed by atoms with Gasteiger partial charge in [-0.15, -0.1) is 11.3 Å². The van der Waals surface area contributed by atoms with Crippen LogP contribution in [0.1, 0.15) is 16.6 Å². The monoisotopic (exact) mass is 296 g/mol. The first kappa shape index (κ1) is 9.42. The first-order valence-corrected chi connectivity index (χ1v) is 5.53. The molecule has 1 nitrogen and oxygen atoms in total. The highest BCUT2D eigenvalue weighted by atomic mass is 79.9. The lowest BCUT2D eigenvalue weighted by Gasteiger charge is -1.99. The number of carbonyl (C=O) groups is 1. The zero-order valence-corrected chi connectivity index (χ0v) is 9.79. The van der Waals surface area contributed by atoms with Gasteiger partial charge in [0.25, 0.3) is 0 Å². The van der Waals surface area contributed by atoms with Crippen LogP contribution in [0.25, 0.3) is 0 Å². The van der Waals surface area contributed by atoms with Crippen LogP contribution in [0.4, 0.5) is 0 Å². The molecule has 4 heteroatoms. The smallest absolute Gasteiger partial charge is 0.148 e. The first-order valence-electron chi connectivity index (χ1n) is 3.01. The van der Waals surface area contributed by atoms with Gasteiger partial charge in [-0.3, -0.25) is 4.79 Å². The van der Waals surface area contributed by atoms with Gasteiger partial charge < -0.3 is 0 Å². The van der Waals surface area contributed by atoms with Crippen molar-refractivity contribution in [3.05, 3.63) is 20.8 Å². The number of Topliss-reactive ketones (excluding diaryl/α,β-unsaturated/α-hetero) is 1. The molecule has 0 saturated heterocycles. The molecule has 0 saturated carbocycles. The maximum absolute atomic E-state index is 10.9. The van der Waals surface area contributed by atoms with E-state index in [4.69, 9.17) is 0 Å². The molecule has 0 fully saturated rings. The van der Waals surface area contributed by atoms with Crippen molar-refractivity contribution in [3.8, 4) is 0 Å². The molecule has 1 heterocycles. The van der Waals surface area contributed by atoms with Gasteiger partial charge in [0.15, 0.2) is 0 Å². The number of halogens is 2. The van der Waals surface area contributed by atoms with Crippen LogP contribution >= 0.6 is 43.2 Å². The molecule has 0 bridgehead atoms. The predicted molar refractivity (Wildman–Crippen MR) is 54.4 cm³/mol. The second-order valence-electron chi connectivity index (χ2n) is 2.12. The lowest BCUT2D eigenvalue weighted by atomic mass is 10.3. The van der Waals surface area contributed by atoms with Gasteiger partial charge in [0, 0.05) is 4.88 Å². The van der Waals surface area contributed by atoms with Crippen LogP contribution in [-0.4, -0.2) is 5.78 Å². The third kappa shape index (κ3) is 2.39. The van der Waals surface area contributed by atoms with Crippen molar-refractivity contribution in [1.29, 1.82) is 0 Å².